The van der Waals surface area contributed by atoms with Crippen molar-refractivity contribution in [2.24, 2.45) is 10.9 Å². The quantitative estimate of drug-likeness (QED) is 0.495. The smallest absolute Gasteiger partial charge is 0.467 e. The maximum absolute atomic E-state index is 12.3. The van der Waals surface area contributed by atoms with Crippen molar-refractivity contribution < 1.29 is 32.3 Å². The van der Waals surface area contributed by atoms with Crippen LogP contribution in [0, 0.1) is 5.92 Å². The largest absolute Gasteiger partial charge is 0.471 e. The number of nitrogens with one attached hydrogen (secondary N) is 2. The first kappa shape index (κ1) is 20.9. The van der Waals surface area contributed by atoms with Crippen LogP contribution in [0.3, 0.4) is 0 Å². The number of alkyl halides is 3. The Morgan fingerprint density at radius 3 is 2.52 bits per heavy atom. The van der Waals surface area contributed by atoms with Crippen LogP contribution in [0.25, 0.3) is 0 Å². The minimum Gasteiger partial charge on any atom is -0.467 e. The van der Waals surface area contributed by atoms with Crippen molar-refractivity contribution in [2.45, 2.75) is 50.9 Å². The average molecular weight is 365 g/mol. The number of hydrogen-bond donors (Lipinski definition) is 2. The van der Waals surface area contributed by atoms with Gasteiger partial charge in [-0.1, -0.05) is 6.92 Å². The molecule has 0 spiro atoms. The van der Waals surface area contributed by atoms with Crippen LogP contribution in [0.4, 0.5) is 13.2 Å². The second kappa shape index (κ2) is 9.38. The Hall–Kier alpha value is -2.13. The molecule has 1 aliphatic rings. The summed E-state index contributed by atoms with van der Waals surface area (Å²) in [6.07, 6.45) is -1.88. The Morgan fingerprint density at radius 2 is 2.00 bits per heavy atom. The molecule has 0 saturated heterocycles. The summed E-state index contributed by atoms with van der Waals surface area (Å²) in [5.74, 6) is -3.20. The molecule has 0 saturated carbocycles. The standard InChI is InChI=1S/C15H22F3N3O4/c1-9-6-8-19-11(9)12(22)20-7-4-3-5-10(13(23)25-2)21-14(24)15(16,17)18/h8-11H,3-7H2,1-2H3,(H,20,22)(H,21,24)/t9-,10+,11+/m1/s1. The lowest BCUT2D eigenvalue weighted by atomic mass is 10.0. The van der Waals surface area contributed by atoms with E-state index in [2.05, 4.69) is 15.0 Å². The zero-order chi connectivity index (χ0) is 19.0. The molecule has 1 aliphatic heterocycles. The summed E-state index contributed by atoms with van der Waals surface area (Å²) in [6, 6.07) is -1.79. The van der Waals surface area contributed by atoms with Crippen LogP contribution in [0.1, 0.15) is 32.6 Å². The molecule has 10 heteroatoms. The third kappa shape index (κ3) is 6.71. The first-order valence-electron chi connectivity index (χ1n) is 7.91. The van der Waals surface area contributed by atoms with Crippen molar-refractivity contribution in [3.63, 3.8) is 0 Å². The lowest BCUT2D eigenvalue weighted by Gasteiger charge is -2.17. The molecule has 1 heterocycles. The predicted octanol–water partition coefficient (Wildman–Crippen LogP) is 0.972. The molecule has 0 unspecified atom stereocenters. The average Bonchev–Trinajstić information content (AvgIpc) is 2.97. The number of carbonyl (C=O) groups excluding carboxylic acids is 3. The van der Waals surface area contributed by atoms with Gasteiger partial charge in [-0.15, -0.1) is 0 Å². The fourth-order valence-electron chi connectivity index (χ4n) is 2.36. The maximum atomic E-state index is 12.3. The van der Waals surface area contributed by atoms with E-state index in [0.29, 0.717) is 19.4 Å². The second-order valence-electron chi connectivity index (χ2n) is 5.82. The van der Waals surface area contributed by atoms with Gasteiger partial charge in [-0.25, -0.2) is 4.79 Å². The number of aliphatic imine (C=N–C) groups is 1. The number of unbranched alkanes of at least 4 members (excludes halogenated alkanes) is 1. The number of methoxy groups -OCH3 is 1. The zero-order valence-electron chi connectivity index (χ0n) is 14.1. The van der Waals surface area contributed by atoms with Crippen LogP contribution < -0.4 is 10.6 Å². The van der Waals surface area contributed by atoms with E-state index in [9.17, 15) is 27.6 Å². The highest BCUT2D eigenvalue weighted by Gasteiger charge is 2.40. The summed E-state index contributed by atoms with van der Waals surface area (Å²) in [5.41, 5.74) is 0. The number of halogens is 3. The lowest BCUT2D eigenvalue weighted by Crippen LogP contribution is -2.47. The topological polar surface area (TPSA) is 96.9 Å². The van der Waals surface area contributed by atoms with E-state index in [1.54, 1.807) is 11.5 Å². The van der Waals surface area contributed by atoms with E-state index in [-0.39, 0.29) is 18.2 Å². The van der Waals surface area contributed by atoms with Gasteiger partial charge in [-0.05, 0) is 31.6 Å². The SMILES string of the molecule is COC(=O)[C@H](CCCCNC(=O)[C@H]1N=CC[C@H]1C)NC(=O)C(F)(F)F. The number of nitrogens with zero attached hydrogens (tertiary/aromatic N) is 1. The fourth-order valence-corrected chi connectivity index (χ4v) is 2.36. The highest BCUT2D eigenvalue weighted by molar-refractivity contribution is 5.87. The van der Waals surface area contributed by atoms with Crippen LogP contribution in [-0.2, 0) is 19.1 Å². The minimum atomic E-state index is -5.07. The van der Waals surface area contributed by atoms with E-state index in [4.69, 9.17) is 0 Å². The Morgan fingerprint density at radius 1 is 1.32 bits per heavy atom. The molecule has 2 N–H and O–H groups in total. The molecule has 0 aromatic rings. The van der Waals surface area contributed by atoms with Crippen LogP contribution in [0.15, 0.2) is 4.99 Å². The number of rotatable bonds is 8. The fraction of sp³-hybridized carbons (Fsp3) is 0.733. The second-order valence-corrected chi connectivity index (χ2v) is 5.82. The maximum Gasteiger partial charge on any atom is 0.471 e. The van der Waals surface area contributed by atoms with E-state index in [0.717, 1.165) is 13.5 Å². The van der Waals surface area contributed by atoms with E-state index in [1.807, 2.05) is 6.92 Å². The van der Waals surface area contributed by atoms with E-state index in [1.165, 1.54) is 0 Å². The van der Waals surface area contributed by atoms with Gasteiger partial charge in [0.15, 0.2) is 0 Å². The van der Waals surface area contributed by atoms with Crippen LogP contribution in [0.2, 0.25) is 0 Å². The summed E-state index contributed by atoms with van der Waals surface area (Å²) in [6.45, 7) is 2.22. The van der Waals surface area contributed by atoms with Crippen molar-refractivity contribution in [1.29, 1.82) is 0 Å². The summed E-state index contributed by atoms with van der Waals surface area (Å²) in [7, 11) is 1.03. The third-order valence-corrected chi connectivity index (χ3v) is 3.82. The van der Waals surface area contributed by atoms with Crippen molar-refractivity contribution in [1.82, 2.24) is 10.6 Å². The van der Waals surface area contributed by atoms with Crippen molar-refractivity contribution in [3.05, 3.63) is 0 Å². The molecule has 3 atom stereocenters. The molecule has 0 aliphatic carbocycles. The molecule has 142 valence electrons. The molecule has 25 heavy (non-hydrogen) atoms. The highest BCUT2D eigenvalue weighted by atomic mass is 19.4. The minimum absolute atomic E-state index is 0.0254. The van der Waals surface area contributed by atoms with Crippen LogP contribution >= 0.6 is 0 Å². The predicted molar refractivity (Wildman–Crippen MR) is 82.9 cm³/mol. The Labute approximate surface area is 143 Å². The molecule has 7 nitrogen and oxygen atoms in total. The van der Waals surface area contributed by atoms with Crippen molar-refractivity contribution in [3.8, 4) is 0 Å². The van der Waals surface area contributed by atoms with E-state index < -0.39 is 30.1 Å². The normalized spacial score (nSPS) is 20.8. The molecule has 0 radical (unpaired) electrons. The summed E-state index contributed by atoms with van der Waals surface area (Å²) in [5, 5.41) is 4.31. The Kier molecular flexibility index (Phi) is 7.85. The van der Waals surface area contributed by atoms with Gasteiger partial charge >= 0.3 is 18.1 Å². The van der Waals surface area contributed by atoms with Gasteiger partial charge in [-0.3, -0.25) is 14.6 Å². The van der Waals surface area contributed by atoms with Gasteiger partial charge in [0.05, 0.1) is 7.11 Å². The number of carbonyl (C=O) groups is 3. The lowest BCUT2D eigenvalue weighted by molar-refractivity contribution is -0.175. The van der Waals surface area contributed by atoms with E-state index >= 15 is 0 Å². The van der Waals surface area contributed by atoms with Gasteiger partial charge < -0.3 is 15.4 Å². The summed E-state index contributed by atoms with van der Waals surface area (Å²) in [4.78, 5) is 38.4. The number of hydrogen-bond acceptors (Lipinski definition) is 5. The molecular formula is C15H22F3N3O4. The molecule has 0 aromatic heterocycles. The Balaban J connectivity index is 2.34. The molecule has 0 aromatic carbocycles. The molecule has 0 bridgehead atoms. The molecular weight excluding hydrogens is 343 g/mol. The van der Waals surface area contributed by atoms with Crippen molar-refractivity contribution >= 4 is 24.0 Å². The monoisotopic (exact) mass is 365 g/mol. The zero-order valence-corrected chi connectivity index (χ0v) is 14.1. The van der Waals surface area contributed by atoms with Crippen molar-refractivity contribution in [2.75, 3.05) is 13.7 Å². The van der Waals surface area contributed by atoms with Gasteiger partial charge in [0, 0.05) is 12.8 Å². The highest BCUT2D eigenvalue weighted by Crippen LogP contribution is 2.17. The number of amides is 2. The summed E-state index contributed by atoms with van der Waals surface area (Å²) < 4.78 is 41.2. The third-order valence-electron chi connectivity index (χ3n) is 3.82. The molecule has 2 amide bonds. The molecule has 0 fully saturated rings. The molecule has 1 rings (SSSR count). The van der Waals surface area contributed by atoms with Crippen LogP contribution in [0.5, 0.6) is 0 Å². The van der Waals surface area contributed by atoms with Gasteiger partial charge in [0.1, 0.15) is 12.1 Å². The van der Waals surface area contributed by atoms with Gasteiger partial charge in [0.25, 0.3) is 0 Å². The number of esters is 1. The van der Waals surface area contributed by atoms with Gasteiger partial charge in [-0.2, -0.15) is 13.2 Å². The summed E-state index contributed by atoms with van der Waals surface area (Å²) >= 11 is 0. The van der Waals surface area contributed by atoms with Gasteiger partial charge in [0.2, 0.25) is 5.91 Å². The Bertz CT molecular complexity index is 523. The first-order valence-corrected chi connectivity index (χ1v) is 7.91. The van der Waals surface area contributed by atoms with Crippen LogP contribution in [-0.4, -0.2) is 55.9 Å². The first-order chi connectivity index (χ1) is 11.7. The number of ether oxygens (including phenoxy) is 1.